The molecule has 0 spiro atoms. The van der Waals surface area contributed by atoms with E-state index in [9.17, 15) is 4.39 Å². The number of benzene rings is 1. The first kappa shape index (κ1) is 10.5. The Hall–Kier alpha value is -1.68. The van der Waals surface area contributed by atoms with Gasteiger partial charge in [0.2, 0.25) is 5.89 Å². The van der Waals surface area contributed by atoms with Gasteiger partial charge in [-0.2, -0.15) is 0 Å². The standard InChI is InChI=1S/C13H13FN2O/c14-10-3-1-9(2-4-10)12-7-16-13(17-12)8-15-11-5-6-11/h1-4,7,11,15H,5-6,8H2. The molecule has 1 N–H and O–H groups in total. The smallest absolute Gasteiger partial charge is 0.208 e. The molecule has 1 saturated carbocycles. The lowest BCUT2D eigenvalue weighted by Crippen LogP contribution is -2.15. The molecular weight excluding hydrogens is 219 g/mol. The Morgan fingerprint density at radius 1 is 1.29 bits per heavy atom. The van der Waals surface area contributed by atoms with Gasteiger partial charge in [-0.15, -0.1) is 0 Å². The maximum atomic E-state index is 12.8. The zero-order valence-corrected chi connectivity index (χ0v) is 9.32. The van der Waals surface area contributed by atoms with Crippen molar-refractivity contribution >= 4 is 0 Å². The van der Waals surface area contributed by atoms with Crippen molar-refractivity contribution in [3.63, 3.8) is 0 Å². The average Bonchev–Trinajstić information content (AvgIpc) is 3.06. The van der Waals surface area contributed by atoms with Crippen LogP contribution in [0.3, 0.4) is 0 Å². The van der Waals surface area contributed by atoms with Gasteiger partial charge in [-0.25, -0.2) is 9.37 Å². The van der Waals surface area contributed by atoms with Crippen LogP contribution in [0.1, 0.15) is 18.7 Å². The molecule has 0 amide bonds. The van der Waals surface area contributed by atoms with Gasteiger partial charge in [-0.1, -0.05) is 0 Å². The van der Waals surface area contributed by atoms with Crippen LogP contribution >= 0.6 is 0 Å². The van der Waals surface area contributed by atoms with Crippen LogP contribution in [-0.2, 0) is 6.54 Å². The second-order valence-corrected chi connectivity index (χ2v) is 4.28. The van der Waals surface area contributed by atoms with Crippen molar-refractivity contribution in [1.82, 2.24) is 10.3 Å². The Morgan fingerprint density at radius 3 is 2.76 bits per heavy atom. The predicted molar refractivity (Wildman–Crippen MR) is 61.8 cm³/mol. The lowest BCUT2D eigenvalue weighted by Gasteiger charge is -1.98. The third kappa shape index (κ3) is 2.53. The Balaban J connectivity index is 1.72. The first-order valence-corrected chi connectivity index (χ1v) is 5.75. The molecule has 1 aliphatic carbocycles. The number of oxazole rings is 1. The monoisotopic (exact) mass is 232 g/mol. The molecule has 3 rings (SSSR count). The van der Waals surface area contributed by atoms with Gasteiger partial charge < -0.3 is 9.73 Å². The summed E-state index contributed by atoms with van der Waals surface area (Å²) in [5.74, 6) is 1.11. The molecule has 1 aliphatic rings. The SMILES string of the molecule is Fc1ccc(-c2cnc(CNC3CC3)o2)cc1. The van der Waals surface area contributed by atoms with Gasteiger partial charge >= 0.3 is 0 Å². The van der Waals surface area contributed by atoms with Crippen LogP contribution in [0.5, 0.6) is 0 Å². The summed E-state index contributed by atoms with van der Waals surface area (Å²) in [6, 6.07) is 6.85. The molecule has 1 heterocycles. The molecular formula is C13H13FN2O. The van der Waals surface area contributed by atoms with E-state index in [1.807, 2.05) is 0 Å². The van der Waals surface area contributed by atoms with Crippen molar-refractivity contribution in [3.05, 3.63) is 42.2 Å². The van der Waals surface area contributed by atoms with Gasteiger partial charge in [0, 0.05) is 11.6 Å². The summed E-state index contributed by atoms with van der Waals surface area (Å²) in [7, 11) is 0. The molecule has 0 unspecified atom stereocenters. The minimum atomic E-state index is -0.246. The quantitative estimate of drug-likeness (QED) is 0.880. The maximum Gasteiger partial charge on any atom is 0.208 e. The number of hydrogen-bond acceptors (Lipinski definition) is 3. The van der Waals surface area contributed by atoms with E-state index >= 15 is 0 Å². The molecule has 0 atom stereocenters. The number of hydrogen-bond donors (Lipinski definition) is 1. The topological polar surface area (TPSA) is 38.1 Å². The van der Waals surface area contributed by atoms with Gasteiger partial charge in [0.15, 0.2) is 5.76 Å². The Bertz CT molecular complexity index is 502. The number of rotatable bonds is 4. The molecule has 3 nitrogen and oxygen atoms in total. The van der Waals surface area contributed by atoms with Crippen LogP contribution in [0.4, 0.5) is 4.39 Å². The van der Waals surface area contributed by atoms with Crippen molar-refractivity contribution in [2.24, 2.45) is 0 Å². The fourth-order valence-electron chi connectivity index (χ4n) is 1.66. The lowest BCUT2D eigenvalue weighted by molar-refractivity contribution is 0.476. The number of aromatic nitrogens is 1. The van der Waals surface area contributed by atoms with Crippen LogP contribution in [0, 0.1) is 5.82 Å². The zero-order valence-electron chi connectivity index (χ0n) is 9.32. The van der Waals surface area contributed by atoms with Crippen molar-refractivity contribution < 1.29 is 8.81 Å². The number of nitrogens with one attached hydrogen (secondary N) is 1. The van der Waals surface area contributed by atoms with Crippen molar-refractivity contribution in [2.75, 3.05) is 0 Å². The summed E-state index contributed by atoms with van der Waals surface area (Å²) < 4.78 is 18.4. The molecule has 88 valence electrons. The molecule has 0 radical (unpaired) electrons. The normalized spacial score (nSPS) is 15.1. The van der Waals surface area contributed by atoms with Crippen LogP contribution in [0.2, 0.25) is 0 Å². The summed E-state index contributed by atoms with van der Waals surface area (Å²) in [5.41, 5.74) is 0.844. The van der Waals surface area contributed by atoms with Crippen molar-refractivity contribution in [1.29, 1.82) is 0 Å². The lowest BCUT2D eigenvalue weighted by atomic mass is 10.2. The second kappa shape index (κ2) is 4.30. The first-order valence-electron chi connectivity index (χ1n) is 5.75. The molecule has 4 heteroatoms. The van der Waals surface area contributed by atoms with Gasteiger partial charge in [0.25, 0.3) is 0 Å². The summed E-state index contributed by atoms with van der Waals surface area (Å²) in [6.07, 6.45) is 4.16. The van der Waals surface area contributed by atoms with Crippen molar-refractivity contribution in [3.8, 4) is 11.3 Å². The van der Waals surface area contributed by atoms with Crippen LogP contribution in [0.25, 0.3) is 11.3 Å². The fourth-order valence-corrected chi connectivity index (χ4v) is 1.66. The van der Waals surface area contributed by atoms with E-state index in [4.69, 9.17) is 4.42 Å². The Labute approximate surface area is 98.7 Å². The van der Waals surface area contributed by atoms with Gasteiger partial charge in [0.1, 0.15) is 5.82 Å². The summed E-state index contributed by atoms with van der Waals surface area (Å²) in [6.45, 7) is 0.659. The number of halogens is 1. The van der Waals surface area contributed by atoms with E-state index in [-0.39, 0.29) is 5.82 Å². The Morgan fingerprint density at radius 2 is 2.06 bits per heavy atom. The highest BCUT2D eigenvalue weighted by Crippen LogP contribution is 2.22. The van der Waals surface area contributed by atoms with E-state index in [2.05, 4.69) is 10.3 Å². The van der Waals surface area contributed by atoms with Crippen LogP contribution in [0.15, 0.2) is 34.9 Å². The van der Waals surface area contributed by atoms with Crippen LogP contribution in [-0.4, -0.2) is 11.0 Å². The van der Waals surface area contributed by atoms with Gasteiger partial charge in [-0.05, 0) is 37.1 Å². The number of nitrogens with zero attached hydrogens (tertiary/aromatic N) is 1. The predicted octanol–water partition coefficient (Wildman–Crippen LogP) is 2.73. The molecule has 1 aromatic carbocycles. The van der Waals surface area contributed by atoms with E-state index in [0.29, 0.717) is 24.2 Å². The highest BCUT2D eigenvalue weighted by molar-refractivity contribution is 5.55. The second-order valence-electron chi connectivity index (χ2n) is 4.28. The molecule has 17 heavy (non-hydrogen) atoms. The van der Waals surface area contributed by atoms with Crippen molar-refractivity contribution in [2.45, 2.75) is 25.4 Å². The highest BCUT2D eigenvalue weighted by Gasteiger charge is 2.20. The summed E-state index contributed by atoms with van der Waals surface area (Å²) in [5, 5.41) is 3.33. The maximum absolute atomic E-state index is 12.8. The molecule has 0 bridgehead atoms. The fraction of sp³-hybridized carbons (Fsp3) is 0.308. The molecule has 2 aromatic rings. The summed E-state index contributed by atoms with van der Waals surface area (Å²) >= 11 is 0. The largest absolute Gasteiger partial charge is 0.439 e. The third-order valence-corrected chi connectivity index (χ3v) is 2.80. The van der Waals surface area contributed by atoms with E-state index in [0.717, 1.165) is 5.56 Å². The molecule has 0 saturated heterocycles. The van der Waals surface area contributed by atoms with Gasteiger partial charge in [0.05, 0.1) is 12.7 Å². The third-order valence-electron chi connectivity index (χ3n) is 2.80. The molecule has 1 fully saturated rings. The van der Waals surface area contributed by atoms with Crippen LogP contribution < -0.4 is 5.32 Å². The first-order chi connectivity index (χ1) is 8.31. The Kier molecular flexibility index (Phi) is 2.65. The minimum Gasteiger partial charge on any atom is -0.439 e. The van der Waals surface area contributed by atoms with E-state index in [1.54, 1.807) is 18.3 Å². The zero-order chi connectivity index (χ0) is 11.7. The highest BCUT2D eigenvalue weighted by atomic mass is 19.1. The van der Waals surface area contributed by atoms with E-state index < -0.39 is 0 Å². The minimum absolute atomic E-state index is 0.246. The van der Waals surface area contributed by atoms with E-state index in [1.165, 1.54) is 25.0 Å². The average molecular weight is 232 g/mol. The molecule has 1 aromatic heterocycles. The molecule has 0 aliphatic heterocycles. The summed E-state index contributed by atoms with van der Waals surface area (Å²) in [4.78, 5) is 4.19. The van der Waals surface area contributed by atoms with Gasteiger partial charge in [-0.3, -0.25) is 0 Å².